The van der Waals surface area contributed by atoms with E-state index >= 15 is 0 Å². The van der Waals surface area contributed by atoms with Gasteiger partial charge in [0.2, 0.25) is 0 Å². The second kappa shape index (κ2) is 13.2. The maximum absolute atomic E-state index is 4.52. The van der Waals surface area contributed by atoms with Gasteiger partial charge < -0.3 is 4.90 Å². The molecule has 44 heavy (non-hydrogen) atoms. The highest BCUT2D eigenvalue weighted by molar-refractivity contribution is 8.03. The number of thioether (sulfide) groups is 1. The van der Waals surface area contributed by atoms with Gasteiger partial charge in [0.25, 0.3) is 0 Å². The molecule has 0 aromatic heterocycles. The molecule has 2 heteroatoms. The summed E-state index contributed by atoms with van der Waals surface area (Å²) in [5.74, 6) is 0.392. The van der Waals surface area contributed by atoms with Gasteiger partial charge in [-0.15, -0.1) is 0 Å². The fourth-order valence-corrected chi connectivity index (χ4v) is 6.90. The van der Waals surface area contributed by atoms with Crippen molar-refractivity contribution in [3.8, 4) is 22.3 Å². The molecule has 1 atom stereocenters. The maximum atomic E-state index is 4.52. The van der Waals surface area contributed by atoms with Crippen molar-refractivity contribution in [3.05, 3.63) is 185 Å². The zero-order valence-corrected chi connectivity index (χ0v) is 26.4. The van der Waals surface area contributed by atoms with Crippen LogP contribution in [-0.2, 0) is 0 Å². The largest absolute Gasteiger partial charge is 0.315 e. The molecule has 0 spiro atoms. The van der Waals surface area contributed by atoms with Crippen LogP contribution in [0.3, 0.4) is 0 Å². The van der Waals surface area contributed by atoms with Crippen LogP contribution in [0.5, 0.6) is 0 Å². The quantitative estimate of drug-likeness (QED) is 0.166. The first-order valence-corrected chi connectivity index (χ1v) is 15.9. The lowest BCUT2D eigenvalue weighted by atomic mass is 9.99. The molecule has 1 unspecified atom stereocenters. The van der Waals surface area contributed by atoms with Crippen molar-refractivity contribution < 1.29 is 0 Å². The van der Waals surface area contributed by atoms with E-state index in [0.717, 1.165) is 17.1 Å². The smallest absolute Gasteiger partial charge is 0.0458 e. The summed E-state index contributed by atoms with van der Waals surface area (Å²) in [6.07, 6.45) is 8.78. The van der Waals surface area contributed by atoms with Crippen molar-refractivity contribution in [3.63, 3.8) is 0 Å². The number of anilines is 1. The number of aryl methyl sites for hydroxylation is 1. The fourth-order valence-electron chi connectivity index (χ4n) is 5.70. The topological polar surface area (TPSA) is 3.24 Å². The van der Waals surface area contributed by atoms with Gasteiger partial charge in [-0.05, 0) is 100 Å². The average molecular weight is 588 g/mol. The molecule has 1 heterocycles. The summed E-state index contributed by atoms with van der Waals surface area (Å²) in [5, 5.41) is 0. The van der Waals surface area contributed by atoms with Crippen LogP contribution in [0.1, 0.15) is 36.5 Å². The van der Waals surface area contributed by atoms with Gasteiger partial charge in [0, 0.05) is 27.9 Å². The van der Waals surface area contributed by atoms with Gasteiger partial charge in [0.1, 0.15) is 0 Å². The number of allylic oxidation sites excluding steroid dienone is 5. The molecule has 0 saturated carbocycles. The van der Waals surface area contributed by atoms with E-state index in [1.54, 1.807) is 0 Å². The Bertz CT molecular complexity index is 1880. The highest BCUT2D eigenvalue weighted by Crippen LogP contribution is 2.48. The van der Waals surface area contributed by atoms with Crippen molar-refractivity contribution in [1.82, 2.24) is 0 Å². The molecular formula is C42H37NS. The van der Waals surface area contributed by atoms with Crippen molar-refractivity contribution in [2.45, 2.75) is 31.6 Å². The molecule has 0 bridgehead atoms. The average Bonchev–Trinajstić information content (AvgIpc) is 3.39. The summed E-state index contributed by atoms with van der Waals surface area (Å²) < 4.78 is 0. The Morgan fingerprint density at radius 2 is 1.36 bits per heavy atom. The maximum Gasteiger partial charge on any atom is 0.0458 e. The second-order valence-corrected chi connectivity index (χ2v) is 12.4. The van der Waals surface area contributed by atoms with Gasteiger partial charge in [-0.25, -0.2) is 0 Å². The number of benzene rings is 5. The Labute approximate surface area is 266 Å². The molecule has 0 radical (unpaired) electrons. The molecule has 1 aliphatic heterocycles. The summed E-state index contributed by atoms with van der Waals surface area (Å²) in [7, 11) is 0. The molecule has 5 aromatic rings. The van der Waals surface area contributed by atoms with E-state index < -0.39 is 0 Å². The molecule has 1 aliphatic rings. The number of rotatable bonds is 8. The van der Waals surface area contributed by atoms with E-state index in [2.05, 4.69) is 184 Å². The fraction of sp³-hybridized carbons (Fsp3) is 0.0952. The number of fused-ring (bicyclic) bond motifs is 1. The van der Waals surface area contributed by atoms with Gasteiger partial charge in [0.15, 0.2) is 0 Å². The van der Waals surface area contributed by atoms with Crippen LogP contribution in [0.15, 0.2) is 173 Å². The first kappa shape index (κ1) is 29.3. The monoisotopic (exact) mass is 587 g/mol. The standard InChI is InChI=1S/C42H37NS/c1-30-13-8-9-14-34(30)23-21-31(2)43(32(3)22-28-41-33(4)40-19-10-11-20-42(40)44-41)39-26-24-36(25-27-39)38-18-12-17-37(29-38)35-15-6-5-7-16-35/h5-29,33H,2H2,1,3-4H3/b23-21-,32-22+,41-28+. The second-order valence-electron chi connectivity index (χ2n) is 11.2. The van der Waals surface area contributed by atoms with E-state index in [0.29, 0.717) is 5.92 Å². The Hall–Kier alpha value is -4.79. The van der Waals surface area contributed by atoms with Crippen LogP contribution in [0.25, 0.3) is 28.3 Å². The normalized spacial score (nSPS) is 15.5. The Kier molecular flexibility index (Phi) is 8.81. The minimum absolute atomic E-state index is 0.392. The molecule has 5 aromatic carbocycles. The van der Waals surface area contributed by atoms with Crippen molar-refractivity contribution in [2.24, 2.45) is 0 Å². The Balaban J connectivity index is 1.31. The SMILES string of the molecule is C=C(/C=C\c1ccccc1C)N(/C(C)=C/C=C1/Sc2ccccc2C1C)c1ccc(-c2cccc(-c3ccccc3)c2)cc1. The van der Waals surface area contributed by atoms with Crippen molar-refractivity contribution in [1.29, 1.82) is 0 Å². The molecule has 0 amide bonds. The van der Waals surface area contributed by atoms with E-state index in [4.69, 9.17) is 0 Å². The van der Waals surface area contributed by atoms with Gasteiger partial charge >= 0.3 is 0 Å². The predicted octanol–water partition coefficient (Wildman–Crippen LogP) is 12.1. The summed E-state index contributed by atoms with van der Waals surface area (Å²) in [6, 6.07) is 45.3. The van der Waals surface area contributed by atoms with Crippen LogP contribution < -0.4 is 4.90 Å². The number of hydrogen-bond donors (Lipinski definition) is 0. The van der Waals surface area contributed by atoms with E-state index in [1.165, 1.54) is 48.7 Å². The van der Waals surface area contributed by atoms with E-state index in [9.17, 15) is 0 Å². The van der Waals surface area contributed by atoms with Crippen LogP contribution in [0.4, 0.5) is 5.69 Å². The molecular weight excluding hydrogens is 551 g/mol. The third-order valence-electron chi connectivity index (χ3n) is 8.24. The van der Waals surface area contributed by atoms with Crippen LogP contribution in [0, 0.1) is 6.92 Å². The summed E-state index contributed by atoms with van der Waals surface area (Å²) in [6.45, 7) is 11.1. The number of hydrogen-bond acceptors (Lipinski definition) is 2. The van der Waals surface area contributed by atoms with Crippen LogP contribution in [0.2, 0.25) is 0 Å². The lowest BCUT2D eigenvalue weighted by Crippen LogP contribution is -2.18. The highest BCUT2D eigenvalue weighted by atomic mass is 32.2. The zero-order valence-electron chi connectivity index (χ0n) is 25.6. The minimum Gasteiger partial charge on any atom is -0.315 e. The van der Waals surface area contributed by atoms with Gasteiger partial charge in [-0.3, -0.25) is 0 Å². The predicted molar refractivity (Wildman–Crippen MR) is 192 cm³/mol. The third-order valence-corrected chi connectivity index (χ3v) is 9.56. The van der Waals surface area contributed by atoms with Gasteiger partial charge in [-0.2, -0.15) is 0 Å². The molecule has 0 N–H and O–H groups in total. The summed E-state index contributed by atoms with van der Waals surface area (Å²) >= 11 is 1.87. The molecule has 1 nitrogen and oxygen atoms in total. The molecule has 0 saturated heterocycles. The van der Waals surface area contributed by atoms with E-state index in [1.807, 2.05) is 11.8 Å². The molecule has 216 valence electrons. The van der Waals surface area contributed by atoms with E-state index in [-0.39, 0.29) is 0 Å². The summed E-state index contributed by atoms with van der Waals surface area (Å²) in [4.78, 5) is 4.96. The van der Waals surface area contributed by atoms with Crippen LogP contribution in [-0.4, -0.2) is 0 Å². The molecule has 6 rings (SSSR count). The van der Waals surface area contributed by atoms with Crippen LogP contribution >= 0.6 is 11.8 Å². The third kappa shape index (κ3) is 6.41. The van der Waals surface area contributed by atoms with Gasteiger partial charge in [0.05, 0.1) is 0 Å². The molecule has 0 fully saturated rings. The molecule has 0 aliphatic carbocycles. The highest BCUT2D eigenvalue weighted by Gasteiger charge is 2.23. The van der Waals surface area contributed by atoms with Gasteiger partial charge in [-0.1, -0.05) is 134 Å². The van der Waals surface area contributed by atoms with Crippen molar-refractivity contribution >= 4 is 23.5 Å². The zero-order chi connectivity index (χ0) is 30.5. The Morgan fingerprint density at radius 1 is 0.727 bits per heavy atom. The number of nitrogens with zero attached hydrogens (tertiary/aromatic N) is 1. The first-order valence-electron chi connectivity index (χ1n) is 15.1. The lowest BCUT2D eigenvalue weighted by molar-refractivity contribution is 0.943. The van der Waals surface area contributed by atoms with Crippen molar-refractivity contribution in [2.75, 3.05) is 4.90 Å². The Morgan fingerprint density at radius 3 is 2.09 bits per heavy atom. The summed E-state index contributed by atoms with van der Waals surface area (Å²) in [5.41, 5.74) is 11.8. The minimum atomic E-state index is 0.392. The lowest BCUT2D eigenvalue weighted by Gasteiger charge is -2.26. The first-order chi connectivity index (χ1) is 21.5.